The van der Waals surface area contributed by atoms with Crippen molar-refractivity contribution in [2.75, 3.05) is 0 Å². The van der Waals surface area contributed by atoms with Crippen molar-refractivity contribution in [2.45, 2.75) is 31.7 Å². The monoisotopic (exact) mass is 315 g/mol. The van der Waals surface area contributed by atoms with Gasteiger partial charge in [0.2, 0.25) is 5.91 Å². The van der Waals surface area contributed by atoms with Gasteiger partial charge in [0, 0.05) is 10.0 Å². The smallest absolute Gasteiger partial charge is 0.329 e. The normalized spacial score (nSPS) is 17.4. The van der Waals surface area contributed by atoms with Crippen molar-refractivity contribution in [2.24, 2.45) is 5.92 Å². The Morgan fingerprint density at radius 3 is 2.55 bits per heavy atom. The molecule has 0 spiro atoms. The third-order valence-electron chi connectivity index (χ3n) is 3.60. The highest BCUT2D eigenvalue weighted by Gasteiger charge is 2.48. The zero-order valence-electron chi connectivity index (χ0n) is 11.0. The Hall–Kier alpha value is -1.26. The number of carboxylic acids is 1. The van der Waals surface area contributed by atoms with Gasteiger partial charge in [-0.05, 0) is 43.4 Å². The van der Waals surface area contributed by atoms with Crippen LogP contribution in [-0.2, 0) is 16.0 Å². The summed E-state index contributed by atoms with van der Waals surface area (Å²) in [6.07, 6.45) is 1.68. The second kappa shape index (κ2) is 5.62. The zero-order valence-corrected chi connectivity index (χ0v) is 12.5. The molecule has 6 heteroatoms. The molecule has 108 valence electrons. The molecule has 0 aliphatic heterocycles. The lowest BCUT2D eigenvalue weighted by atomic mass is 9.95. The molecule has 1 aromatic rings. The molecule has 1 aliphatic carbocycles. The molecule has 1 amide bonds. The number of rotatable bonds is 5. The molecular formula is C14H15Cl2NO3. The molecule has 1 aromatic carbocycles. The highest BCUT2D eigenvalue weighted by atomic mass is 35.5. The summed E-state index contributed by atoms with van der Waals surface area (Å²) in [6, 6.07) is 4.87. The maximum Gasteiger partial charge on any atom is 0.329 e. The van der Waals surface area contributed by atoms with Crippen molar-refractivity contribution in [3.63, 3.8) is 0 Å². The summed E-state index contributed by atoms with van der Waals surface area (Å²) in [5.74, 6) is -1.36. The summed E-state index contributed by atoms with van der Waals surface area (Å²) in [5, 5.41) is 12.8. The predicted octanol–water partition coefficient (Wildman–Crippen LogP) is 2.91. The van der Waals surface area contributed by atoms with E-state index in [2.05, 4.69) is 5.32 Å². The molecule has 0 heterocycles. The molecule has 2 rings (SSSR count). The van der Waals surface area contributed by atoms with E-state index in [1.165, 1.54) is 0 Å². The average Bonchev–Trinajstić information content (AvgIpc) is 3.16. The number of hydrogen-bond acceptors (Lipinski definition) is 2. The Bertz CT molecular complexity index is 557. The van der Waals surface area contributed by atoms with Gasteiger partial charge in [-0.25, -0.2) is 4.79 Å². The minimum atomic E-state index is -1.20. The lowest BCUT2D eigenvalue weighted by Gasteiger charge is -2.26. The summed E-state index contributed by atoms with van der Waals surface area (Å²) in [5.41, 5.74) is -0.576. The van der Waals surface area contributed by atoms with Gasteiger partial charge in [0.15, 0.2) is 0 Å². The van der Waals surface area contributed by atoms with Crippen LogP contribution >= 0.6 is 23.2 Å². The summed E-state index contributed by atoms with van der Waals surface area (Å²) in [6.45, 7) is 1.55. The molecule has 1 aliphatic rings. The summed E-state index contributed by atoms with van der Waals surface area (Å²) < 4.78 is 0. The van der Waals surface area contributed by atoms with Crippen molar-refractivity contribution in [1.29, 1.82) is 0 Å². The van der Waals surface area contributed by atoms with Crippen molar-refractivity contribution >= 4 is 35.1 Å². The van der Waals surface area contributed by atoms with E-state index >= 15 is 0 Å². The first-order valence-electron chi connectivity index (χ1n) is 6.31. The maximum absolute atomic E-state index is 12.0. The van der Waals surface area contributed by atoms with E-state index in [9.17, 15) is 14.7 Å². The molecule has 1 fully saturated rings. The largest absolute Gasteiger partial charge is 0.480 e. The Kier molecular flexibility index (Phi) is 4.25. The van der Waals surface area contributed by atoms with E-state index in [-0.39, 0.29) is 18.2 Å². The minimum absolute atomic E-state index is 0.00430. The standard InChI is InChI=1S/C14H15Cl2NO3/c1-14(13(19)20,9-3-4-9)17-12(18)6-8-2-5-10(15)7-11(8)16/h2,5,7,9H,3-4,6H2,1H3,(H,17,18)(H,19,20). The van der Waals surface area contributed by atoms with E-state index in [4.69, 9.17) is 23.2 Å². The van der Waals surface area contributed by atoms with Gasteiger partial charge < -0.3 is 10.4 Å². The SMILES string of the molecule is CC(NC(=O)Cc1ccc(Cl)cc1Cl)(C(=O)O)C1CC1. The van der Waals surface area contributed by atoms with Crippen LogP contribution in [0.2, 0.25) is 10.0 Å². The lowest BCUT2D eigenvalue weighted by molar-refractivity contribution is -0.147. The maximum atomic E-state index is 12.0. The number of nitrogens with one attached hydrogen (secondary N) is 1. The van der Waals surface area contributed by atoms with Gasteiger partial charge in [-0.1, -0.05) is 29.3 Å². The number of benzene rings is 1. The van der Waals surface area contributed by atoms with Crippen LogP contribution in [0.25, 0.3) is 0 Å². The van der Waals surface area contributed by atoms with Crippen LogP contribution in [0.4, 0.5) is 0 Å². The van der Waals surface area contributed by atoms with Crippen LogP contribution in [0, 0.1) is 5.92 Å². The molecule has 0 radical (unpaired) electrons. The first-order chi connectivity index (χ1) is 9.33. The quantitative estimate of drug-likeness (QED) is 0.878. The number of aliphatic carboxylic acids is 1. The number of carboxylic acid groups (broad SMARTS) is 1. The minimum Gasteiger partial charge on any atom is -0.480 e. The fraction of sp³-hybridized carbons (Fsp3) is 0.429. The Balaban J connectivity index is 2.06. The first kappa shape index (κ1) is 15.1. The molecule has 0 saturated heterocycles. The number of carbonyl (C=O) groups is 2. The van der Waals surface area contributed by atoms with Crippen LogP contribution in [0.15, 0.2) is 18.2 Å². The number of carbonyl (C=O) groups excluding carboxylic acids is 1. The van der Waals surface area contributed by atoms with Gasteiger partial charge in [0.1, 0.15) is 5.54 Å². The lowest BCUT2D eigenvalue weighted by Crippen LogP contribution is -2.54. The van der Waals surface area contributed by atoms with Crippen LogP contribution in [0.5, 0.6) is 0 Å². The summed E-state index contributed by atoms with van der Waals surface area (Å²) >= 11 is 11.8. The highest BCUT2D eigenvalue weighted by molar-refractivity contribution is 6.35. The molecule has 20 heavy (non-hydrogen) atoms. The van der Waals surface area contributed by atoms with Gasteiger partial charge in [0.05, 0.1) is 6.42 Å². The van der Waals surface area contributed by atoms with Gasteiger partial charge in [-0.2, -0.15) is 0 Å². The molecule has 1 unspecified atom stereocenters. The molecule has 2 N–H and O–H groups in total. The fourth-order valence-corrected chi connectivity index (χ4v) is 2.64. The molecule has 0 bridgehead atoms. The van der Waals surface area contributed by atoms with Crippen LogP contribution in [0.3, 0.4) is 0 Å². The van der Waals surface area contributed by atoms with E-state index < -0.39 is 11.5 Å². The Morgan fingerprint density at radius 1 is 1.40 bits per heavy atom. The van der Waals surface area contributed by atoms with Gasteiger partial charge >= 0.3 is 5.97 Å². The second-order valence-corrected chi connectivity index (χ2v) is 6.09. The van der Waals surface area contributed by atoms with Crippen molar-refractivity contribution in [1.82, 2.24) is 5.32 Å². The van der Waals surface area contributed by atoms with E-state index in [0.29, 0.717) is 15.6 Å². The zero-order chi connectivity index (χ0) is 14.9. The number of hydrogen-bond donors (Lipinski definition) is 2. The van der Waals surface area contributed by atoms with Gasteiger partial charge in [0.25, 0.3) is 0 Å². The molecule has 1 atom stereocenters. The van der Waals surface area contributed by atoms with E-state index in [1.807, 2.05) is 0 Å². The highest BCUT2D eigenvalue weighted by Crippen LogP contribution is 2.39. The van der Waals surface area contributed by atoms with Gasteiger partial charge in [-0.15, -0.1) is 0 Å². The summed E-state index contributed by atoms with van der Waals surface area (Å²) in [4.78, 5) is 23.4. The Morgan fingerprint density at radius 2 is 2.05 bits per heavy atom. The molecular weight excluding hydrogens is 301 g/mol. The summed E-state index contributed by atoms with van der Waals surface area (Å²) in [7, 11) is 0. The van der Waals surface area contributed by atoms with Gasteiger partial charge in [-0.3, -0.25) is 4.79 Å². The molecule has 0 aromatic heterocycles. The predicted molar refractivity (Wildman–Crippen MR) is 77.1 cm³/mol. The second-order valence-electron chi connectivity index (χ2n) is 5.24. The van der Waals surface area contributed by atoms with Crippen molar-refractivity contribution < 1.29 is 14.7 Å². The van der Waals surface area contributed by atoms with E-state index in [1.54, 1.807) is 25.1 Å². The topological polar surface area (TPSA) is 66.4 Å². The number of amides is 1. The van der Waals surface area contributed by atoms with E-state index in [0.717, 1.165) is 12.8 Å². The van der Waals surface area contributed by atoms with Crippen LogP contribution in [-0.4, -0.2) is 22.5 Å². The van der Waals surface area contributed by atoms with Crippen molar-refractivity contribution in [3.8, 4) is 0 Å². The molecule has 4 nitrogen and oxygen atoms in total. The van der Waals surface area contributed by atoms with Crippen LogP contribution < -0.4 is 5.32 Å². The third kappa shape index (κ3) is 3.25. The average molecular weight is 316 g/mol. The van der Waals surface area contributed by atoms with Crippen LogP contribution in [0.1, 0.15) is 25.3 Å². The Labute approximate surface area is 127 Å². The first-order valence-corrected chi connectivity index (χ1v) is 7.07. The number of halogens is 2. The fourth-order valence-electron chi connectivity index (χ4n) is 2.16. The van der Waals surface area contributed by atoms with Crippen molar-refractivity contribution in [3.05, 3.63) is 33.8 Å². The molecule has 1 saturated carbocycles. The third-order valence-corrected chi connectivity index (χ3v) is 4.19.